The molecular formula is C30H43N3. The molecule has 2 rings (SSSR count). The molecule has 1 aliphatic rings. The molecule has 1 aliphatic carbocycles. The Morgan fingerprint density at radius 2 is 1.94 bits per heavy atom. The highest BCUT2D eigenvalue weighted by atomic mass is 15.1. The molecule has 0 unspecified atom stereocenters. The molecule has 0 aliphatic heterocycles. The summed E-state index contributed by atoms with van der Waals surface area (Å²) in [7, 11) is 4.03. The standard InChI is InChI=1S/C30H43N3/c1-10-30(6,7)18-17-27-19-26(20-32-29(27)31-8)16-15-24(4)33(9)21-23(3)25(5)28-14-12-11-13-22(28)2/h10,13-16,19-20H,1,4,11-12,17-18,21H2,2-3,5-9H3,(H,31,32)/b16-15+,25-23+. The Kier molecular flexibility index (Phi) is 9.52. The van der Waals surface area contributed by atoms with Gasteiger partial charge in [-0.25, -0.2) is 4.98 Å². The number of likely N-dealkylation sites (N-methyl/N-ethyl adjacent to an activating group) is 1. The van der Waals surface area contributed by atoms with Crippen molar-refractivity contribution in [2.45, 2.75) is 60.3 Å². The molecule has 33 heavy (non-hydrogen) atoms. The van der Waals surface area contributed by atoms with Crippen molar-refractivity contribution in [3.05, 3.63) is 88.8 Å². The van der Waals surface area contributed by atoms with Gasteiger partial charge in [-0.15, -0.1) is 6.58 Å². The molecule has 1 N–H and O–H groups in total. The molecule has 0 radical (unpaired) electrons. The van der Waals surface area contributed by atoms with E-state index in [9.17, 15) is 0 Å². The van der Waals surface area contributed by atoms with Crippen molar-refractivity contribution in [3.8, 4) is 0 Å². The monoisotopic (exact) mass is 445 g/mol. The first-order valence-corrected chi connectivity index (χ1v) is 12.0. The maximum atomic E-state index is 4.63. The minimum Gasteiger partial charge on any atom is -0.373 e. The van der Waals surface area contributed by atoms with Crippen molar-refractivity contribution >= 4 is 11.9 Å². The van der Waals surface area contributed by atoms with Crippen LogP contribution in [0.15, 0.2) is 77.7 Å². The van der Waals surface area contributed by atoms with Crippen LogP contribution in [-0.4, -0.2) is 30.5 Å². The number of allylic oxidation sites excluding steroid dienone is 7. The third-order valence-corrected chi connectivity index (χ3v) is 6.68. The summed E-state index contributed by atoms with van der Waals surface area (Å²) in [5.74, 6) is 0.945. The summed E-state index contributed by atoms with van der Waals surface area (Å²) < 4.78 is 0. The third-order valence-electron chi connectivity index (χ3n) is 6.68. The van der Waals surface area contributed by atoms with Gasteiger partial charge in [0.2, 0.25) is 0 Å². The van der Waals surface area contributed by atoms with E-state index < -0.39 is 0 Å². The van der Waals surface area contributed by atoms with Gasteiger partial charge in [-0.3, -0.25) is 0 Å². The van der Waals surface area contributed by atoms with Crippen molar-refractivity contribution in [1.29, 1.82) is 0 Å². The second-order valence-electron chi connectivity index (χ2n) is 9.89. The van der Waals surface area contributed by atoms with Crippen LogP contribution < -0.4 is 5.32 Å². The number of hydrogen-bond donors (Lipinski definition) is 1. The molecule has 0 atom stereocenters. The Morgan fingerprint density at radius 1 is 1.24 bits per heavy atom. The van der Waals surface area contributed by atoms with E-state index in [0.29, 0.717) is 0 Å². The summed E-state index contributed by atoms with van der Waals surface area (Å²) >= 11 is 0. The number of pyridine rings is 1. The quantitative estimate of drug-likeness (QED) is 0.279. The lowest BCUT2D eigenvalue weighted by Crippen LogP contribution is -2.19. The maximum Gasteiger partial charge on any atom is 0.128 e. The summed E-state index contributed by atoms with van der Waals surface area (Å²) in [6, 6.07) is 2.22. The number of nitrogens with zero attached hydrogens (tertiary/aromatic N) is 2. The fourth-order valence-electron chi connectivity index (χ4n) is 3.97. The van der Waals surface area contributed by atoms with Gasteiger partial charge in [0.05, 0.1) is 0 Å². The van der Waals surface area contributed by atoms with Gasteiger partial charge in [0.1, 0.15) is 5.82 Å². The summed E-state index contributed by atoms with van der Waals surface area (Å²) in [6.07, 6.45) is 17.1. The third kappa shape index (κ3) is 7.63. The predicted molar refractivity (Wildman–Crippen MR) is 146 cm³/mol. The summed E-state index contributed by atoms with van der Waals surface area (Å²) in [5.41, 5.74) is 8.96. The van der Waals surface area contributed by atoms with Gasteiger partial charge >= 0.3 is 0 Å². The normalized spacial score (nSPS) is 15.0. The molecule has 0 spiro atoms. The van der Waals surface area contributed by atoms with E-state index in [0.717, 1.165) is 49.3 Å². The zero-order valence-electron chi connectivity index (χ0n) is 21.9. The topological polar surface area (TPSA) is 28.2 Å². The van der Waals surface area contributed by atoms with E-state index in [-0.39, 0.29) is 5.41 Å². The number of hydrogen-bond acceptors (Lipinski definition) is 3. The molecule has 1 heterocycles. The molecule has 0 saturated carbocycles. The predicted octanol–water partition coefficient (Wildman–Crippen LogP) is 7.73. The highest BCUT2D eigenvalue weighted by molar-refractivity contribution is 5.57. The van der Waals surface area contributed by atoms with Crippen LogP contribution in [0.3, 0.4) is 0 Å². The fourth-order valence-corrected chi connectivity index (χ4v) is 3.97. The van der Waals surface area contributed by atoms with Crippen molar-refractivity contribution in [1.82, 2.24) is 9.88 Å². The van der Waals surface area contributed by atoms with Crippen LogP contribution in [0.4, 0.5) is 5.82 Å². The van der Waals surface area contributed by atoms with E-state index in [1.54, 1.807) is 0 Å². The van der Waals surface area contributed by atoms with Crippen LogP contribution in [-0.2, 0) is 6.42 Å². The summed E-state index contributed by atoms with van der Waals surface area (Å²) in [5, 5.41) is 3.22. The Balaban J connectivity index is 2.09. The first-order valence-electron chi connectivity index (χ1n) is 12.0. The van der Waals surface area contributed by atoms with Gasteiger partial charge in [-0.1, -0.05) is 50.3 Å². The van der Waals surface area contributed by atoms with Gasteiger partial charge in [0.15, 0.2) is 0 Å². The van der Waals surface area contributed by atoms with Crippen molar-refractivity contribution < 1.29 is 0 Å². The largest absolute Gasteiger partial charge is 0.373 e. The van der Waals surface area contributed by atoms with E-state index in [2.05, 4.69) is 100 Å². The molecule has 1 aromatic rings. The average Bonchev–Trinajstić information content (AvgIpc) is 2.81. The highest BCUT2D eigenvalue weighted by Crippen LogP contribution is 2.28. The second-order valence-corrected chi connectivity index (χ2v) is 9.89. The maximum absolute atomic E-state index is 4.63. The van der Waals surface area contributed by atoms with Crippen LogP contribution in [0.5, 0.6) is 0 Å². The van der Waals surface area contributed by atoms with Crippen LogP contribution in [0.1, 0.15) is 65.0 Å². The first kappa shape index (κ1) is 26.4. The second kappa shape index (κ2) is 11.9. The summed E-state index contributed by atoms with van der Waals surface area (Å²) in [4.78, 5) is 6.84. The van der Waals surface area contributed by atoms with Gasteiger partial charge < -0.3 is 10.2 Å². The minimum absolute atomic E-state index is 0.110. The molecule has 1 aromatic heterocycles. The molecule has 0 bridgehead atoms. The van der Waals surface area contributed by atoms with Crippen molar-refractivity contribution in [2.75, 3.05) is 26.0 Å². The van der Waals surface area contributed by atoms with Gasteiger partial charge in [-0.05, 0) is 91.9 Å². The number of aryl methyl sites for hydroxylation is 1. The number of aromatic nitrogens is 1. The highest BCUT2D eigenvalue weighted by Gasteiger charge is 2.15. The Morgan fingerprint density at radius 3 is 2.58 bits per heavy atom. The molecule has 3 heteroatoms. The van der Waals surface area contributed by atoms with Crippen LogP contribution in [0, 0.1) is 5.41 Å². The van der Waals surface area contributed by atoms with E-state index in [4.69, 9.17) is 0 Å². The number of anilines is 1. The molecular weight excluding hydrogens is 402 g/mol. The lowest BCUT2D eigenvalue weighted by atomic mass is 9.86. The van der Waals surface area contributed by atoms with E-state index in [1.165, 1.54) is 27.9 Å². The molecule has 3 nitrogen and oxygen atoms in total. The average molecular weight is 446 g/mol. The smallest absolute Gasteiger partial charge is 0.128 e. The fraction of sp³-hybridized carbons (Fsp3) is 0.433. The lowest BCUT2D eigenvalue weighted by Gasteiger charge is -2.23. The Bertz CT molecular complexity index is 986. The number of nitrogens with one attached hydrogen (secondary N) is 1. The molecule has 178 valence electrons. The SMILES string of the molecule is C=CC(C)(C)CCc1cc(/C=C/C(=C)N(C)C/C(C)=C(\C)C2=CCCC=C2C)cnc1NC. The van der Waals surface area contributed by atoms with Crippen LogP contribution in [0.2, 0.25) is 0 Å². The molecule has 0 aromatic carbocycles. The summed E-state index contributed by atoms with van der Waals surface area (Å²) in [6.45, 7) is 20.2. The first-order chi connectivity index (χ1) is 15.6. The Labute approximate surface area is 202 Å². The number of rotatable bonds is 11. The lowest BCUT2D eigenvalue weighted by molar-refractivity contribution is 0.439. The minimum atomic E-state index is 0.110. The van der Waals surface area contributed by atoms with E-state index >= 15 is 0 Å². The van der Waals surface area contributed by atoms with Crippen LogP contribution >= 0.6 is 0 Å². The molecule has 0 amide bonds. The van der Waals surface area contributed by atoms with Gasteiger partial charge in [0, 0.05) is 32.5 Å². The van der Waals surface area contributed by atoms with Gasteiger partial charge in [-0.2, -0.15) is 0 Å². The van der Waals surface area contributed by atoms with Crippen molar-refractivity contribution in [2.24, 2.45) is 5.41 Å². The van der Waals surface area contributed by atoms with Crippen molar-refractivity contribution in [3.63, 3.8) is 0 Å². The van der Waals surface area contributed by atoms with Gasteiger partial charge in [0.25, 0.3) is 0 Å². The molecule has 0 saturated heterocycles. The zero-order chi connectivity index (χ0) is 24.6. The molecule has 0 fully saturated rings. The zero-order valence-corrected chi connectivity index (χ0v) is 21.9. The van der Waals surface area contributed by atoms with Crippen LogP contribution in [0.25, 0.3) is 6.08 Å². The Hall–Kier alpha value is -2.81. The van der Waals surface area contributed by atoms with E-state index in [1.807, 2.05) is 19.3 Å².